The van der Waals surface area contributed by atoms with E-state index in [1.807, 2.05) is 0 Å². The highest BCUT2D eigenvalue weighted by atomic mass is 19.4. The molecule has 2 atom stereocenters. The quantitative estimate of drug-likeness (QED) is 0.179. The summed E-state index contributed by atoms with van der Waals surface area (Å²) in [6.07, 6.45) is -22.2. The Hall–Kier alpha value is -1.65. The molecule has 1 rings (SSSR count). The second-order valence-corrected chi connectivity index (χ2v) is 7.54. The van der Waals surface area contributed by atoms with E-state index in [9.17, 15) is 101 Å². The van der Waals surface area contributed by atoms with Crippen LogP contribution >= 0.6 is 0 Å². The van der Waals surface area contributed by atoms with Crippen LogP contribution < -0.4 is 0 Å². The summed E-state index contributed by atoms with van der Waals surface area (Å²) >= 11 is 0. The van der Waals surface area contributed by atoms with Crippen molar-refractivity contribution >= 4 is 0 Å². The van der Waals surface area contributed by atoms with E-state index in [0.717, 1.165) is 0 Å². The number of hydrogen-bond acceptors (Lipinski definition) is 1. The fraction of sp³-hybridized carbons (Fsp3) is 1.00. The number of rotatable bonds is 10. The van der Waals surface area contributed by atoms with Crippen LogP contribution in [0.2, 0.25) is 0 Å². The van der Waals surface area contributed by atoms with Crippen LogP contribution in [0.3, 0.4) is 0 Å². The van der Waals surface area contributed by atoms with Gasteiger partial charge in [-0.3, -0.25) is 0 Å². The van der Waals surface area contributed by atoms with Gasteiger partial charge in [0.15, 0.2) is 0 Å². The summed E-state index contributed by atoms with van der Waals surface area (Å²) in [5, 5.41) is 0. The first-order valence-corrected chi connectivity index (χ1v) is 8.54. The minimum atomic E-state index is -9.67. The van der Waals surface area contributed by atoms with Gasteiger partial charge in [0.2, 0.25) is 0 Å². The van der Waals surface area contributed by atoms with Crippen molar-refractivity contribution in [2.45, 2.75) is 77.9 Å². The number of ether oxygens (including phenoxy) is 1. The van der Waals surface area contributed by atoms with E-state index < -0.39 is 84.5 Å². The molecule has 0 radical (unpaired) electrons. The topological polar surface area (TPSA) is 12.5 Å². The summed E-state index contributed by atoms with van der Waals surface area (Å²) in [6, 6.07) is 0. The van der Waals surface area contributed by atoms with Gasteiger partial charge in [-0.2, -0.15) is 96.6 Å². The van der Waals surface area contributed by atoms with Gasteiger partial charge in [-0.15, -0.1) is 0 Å². The lowest BCUT2D eigenvalue weighted by Gasteiger charge is -2.48. The van der Waals surface area contributed by atoms with E-state index in [1.165, 1.54) is 0 Å². The molecule has 0 saturated carbocycles. The molecule has 0 bridgehead atoms. The molecular weight excluding hydrogens is 621 g/mol. The van der Waals surface area contributed by atoms with Crippen molar-refractivity contribution in [2.75, 3.05) is 6.61 Å². The molecule has 1 fully saturated rings. The lowest BCUT2D eigenvalue weighted by atomic mass is 9.77. The van der Waals surface area contributed by atoms with Crippen molar-refractivity contribution in [2.24, 2.45) is 0 Å². The minimum absolute atomic E-state index is 1.03. The number of epoxide rings is 1. The Morgan fingerprint density at radius 2 is 0.684 bits per heavy atom. The molecule has 0 aromatic rings. The molecule has 228 valence electrons. The third kappa shape index (κ3) is 4.12. The molecule has 0 aliphatic carbocycles. The highest BCUT2D eigenvalue weighted by Gasteiger charge is 3.01. The molecule has 1 aliphatic heterocycles. The van der Waals surface area contributed by atoms with Crippen molar-refractivity contribution in [3.05, 3.63) is 0 Å². The third-order valence-corrected chi connectivity index (χ3v) is 4.93. The van der Waals surface area contributed by atoms with Gasteiger partial charge >= 0.3 is 65.4 Å². The van der Waals surface area contributed by atoms with Crippen LogP contribution in [-0.4, -0.2) is 78.1 Å². The van der Waals surface area contributed by atoms with Gasteiger partial charge in [0.05, 0.1) is 12.7 Å². The largest absolute Gasteiger partial charge is 0.460 e. The molecule has 38 heavy (non-hydrogen) atoms. The minimum Gasteiger partial charge on any atom is -0.373 e. The molecule has 0 N–H and O–H groups in total. The Morgan fingerprint density at radius 1 is 0.395 bits per heavy atom. The van der Waals surface area contributed by atoms with Crippen molar-refractivity contribution < 1.29 is 106 Å². The van der Waals surface area contributed by atoms with Crippen LogP contribution in [0.25, 0.3) is 0 Å². The van der Waals surface area contributed by atoms with Crippen LogP contribution in [0.15, 0.2) is 0 Å². The van der Waals surface area contributed by atoms with Gasteiger partial charge in [0.1, 0.15) is 0 Å². The van der Waals surface area contributed by atoms with Crippen molar-refractivity contribution in [1.29, 1.82) is 0 Å². The van der Waals surface area contributed by atoms with Crippen molar-refractivity contribution in [3.8, 4) is 0 Å². The predicted molar refractivity (Wildman–Crippen MR) is 69.9 cm³/mol. The third-order valence-electron chi connectivity index (χ3n) is 4.93. The van der Waals surface area contributed by atoms with Crippen LogP contribution in [0, 0.1) is 0 Å². The average Bonchev–Trinajstić information content (AvgIpc) is 3.47. The van der Waals surface area contributed by atoms with Crippen LogP contribution in [0.5, 0.6) is 0 Å². The lowest BCUT2D eigenvalue weighted by molar-refractivity contribution is -0.484. The number of alkyl halides is 23. The maximum Gasteiger partial charge on any atom is 0.460 e. The normalized spacial score (nSPS) is 21.4. The molecular formula is C14H5F23O. The molecule has 1 saturated heterocycles. The first-order chi connectivity index (χ1) is 16.1. The lowest BCUT2D eigenvalue weighted by Crippen LogP contribution is -2.81. The maximum atomic E-state index is 14.2. The molecule has 1 aliphatic rings. The molecule has 24 heteroatoms. The number of hydrogen-bond donors (Lipinski definition) is 0. The van der Waals surface area contributed by atoms with Crippen LogP contribution in [-0.2, 0) is 4.74 Å². The summed E-state index contributed by atoms with van der Waals surface area (Å²) in [4.78, 5) is 0. The zero-order chi connectivity index (χ0) is 31.2. The van der Waals surface area contributed by atoms with E-state index in [1.54, 1.807) is 0 Å². The monoisotopic (exact) mass is 626 g/mol. The highest BCUT2D eigenvalue weighted by molar-refractivity contribution is 5.23. The van der Waals surface area contributed by atoms with Crippen LogP contribution in [0.1, 0.15) is 6.42 Å². The second-order valence-electron chi connectivity index (χ2n) is 7.54. The van der Waals surface area contributed by atoms with Gasteiger partial charge in [-0.25, -0.2) is 4.39 Å². The maximum absolute atomic E-state index is 14.2. The van der Waals surface area contributed by atoms with Gasteiger partial charge in [-0.05, 0) is 0 Å². The predicted octanol–water partition coefficient (Wildman–Crippen LogP) is 7.69. The van der Waals surface area contributed by atoms with E-state index >= 15 is 0 Å². The second kappa shape index (κ2) is 8.43. The zero-order valence-corrected chi connectivity index (χ0v) is 16.6. The van der Waals surface area contributed by atoms with Crippen molar-refractivity contribution in [1.82, 2.24) is 0 Å². The molecule has 1 heterocycles. The molecule has 1 nitrogen and oxygen atoms in total. The molecule has 0 aromatic heterocycles. The van der Waals surface area contributed by atoms with Gasteiger partial charge in [-0.1, -0.05) is 0 Å². The Balaban J connectivity index is 4.00. The first kappa shape index (κ1) is 34.4. The Kier molecular flexibility index (Phi) is 7.62. The fourth-order valence-electron chi connectivity index (χ4n) is 2.59. The SMILES string of the molecule is FC(F)(F)C(F)(F)C(F)(F)C(F)(F)C(F)(F)C(F)(C(F)(F)F)C(F)(F)C(F)(F)C(F)(F)C(F)(F)CC1CO1. The Labute approximate surface area is 191 Å². The number of halogens is 23. The van der Waals surface area contributed by atoms with Gasteiger partial charge in [0.25, 0.3) is 0 Å². The Morgan fingerprint density at radius 3 is 0.947 bits per heavy atom. The van der Waals surface area contributed by atoms with E-state index in [0.29, 0.717) is 0 Å². The molecule has 2 unspecified atom stereocenters. The molecule has 0 amide bonds. The first-order valence-electron chi connectivity index (χ1n) is 8.54. The zero-order valence-electron chi connectivity index (χ0n) is 16.6. The molecule has 0 aromatic carbocycles. The summed E-state index contributed by atoms with van der Waals surface area (Å²) in [6.45, 7) is -1.03. The standard InChI is InChI=1S/C14H5F23O/c15-4(16,1-3-2-38-3)6(18,19)9(24,25)7(20,21)5(17,13(32,33)34)8(22,23)10(26,27)11(28,29)12(30,31)14(35,36)37/h3H,1-2H2. The van der Waals surface area contributed by atoms with Gasteiger partial charge in [0, 0.05) is 6.42 Å². The van der Waals surface area contributed by atoms with E-state index in [4.69, 9.17) is 0 Å². The smallest absolute Gasteiger partial charge is 0.373 e. The Bertz CT molecular complexity index is 876. The molecule has 0 spiro atoms. The summed E-state index contributed by atoms with van der Waals surface area (Å²) < 4.78 is 309. The summed E-state index contributed by atoms with van der Waals surface area (Å²) in [5.41, 5.74) is -9.67. The van der Waals surface area contributed by atoms with E-state index in [2.05, 4.69) is 4.74 Å². The highest BCUT2D eigenvalue weighted by Crippen LogP contribution is 2.69. The summed E-state index contributed by atoms with van der Waals surface area (Å²) in [5.74, 6) is -70.2. The fourth-order valence-corrected chi connectivity index (χ4v) is 2.59. The summed E-state index contributed by atoms with van der Waals surface area (Å²) in [7, 11) is 0. The van der Waals surface area contributed by atoms with E-state index in [-0.39, 0.29) is 0 Å². The average molecular weight is 626 g/mol. The van der Waals surface area contributed by atoms with Gasteiger partial charge < -0.3 is 4.74 Å². The van der Waals surface area contributed by atoms with Crippen LogP contribution in [0.4, 0.5) is 101 Å². The van der Waals surface area contributed by atoms with Crippen molar-refractivity contribution in [3.63, 3.8) is 0 Å².